The highest BCUT2D eigenvalue weighted by molar-refractivity contribution is 5.92. The van der Waals surface area contributed by atoms with Crippen molar-refractivity contribution in [2.24, 2.45) is 5.41 Å². The maximum absolute atomic E-state index is 12.5. The Labute approximate surface area is 162 Å². The first-order valence-corrected chi connectivity index (χ1v) is 10.2. The quantitative estimate of drug-likeness (QED) is 0.719. The third-order valence-electron chi connectivity index (χ3n) is 5.54. The van der Waals surface area contributed by atoms with Gasteiger partial charge in [0.15, 0.2) is 0 Å². The lowest BCUT2D eigenvalue weighted by Gasteiger charge is -2.29. The van der Waals surface area contributed by atoms with E-state index in [9.17, 15) is 9.90 Å². The molecule has 3 rings (SSSR count). The Hall–Kier alpha value is -1.88. The molecule has 1 unspecified atom stereocenters. The highest BCUT2D eigenvalue weighted by atomic mass is 16.3. The number of aliphatic hydroxyl groups excluding tert-OH is 1. The van der Waals surface area contributed by atoms with Crippen LogP contribution in [0.4, 0.5) is 5.95 Å². The molecule has 1 heterocycles. The minimum absolute atomic E-state index is 0.0188. The molecular weight excluding hydrogens is 338 g/mol. The van der Waals surface area contributed by atoms with Crippen molar-refractivity contribution in [2.45, 2.75) is 78.2 Å². The third kappa shape index (κ3) is 4.52. The van der Waals surface area contributed by atoms with Crippen LogP contribution in [0, 0.1) is 5.41 Å². The van der Waals surface area contributed by atoms with Gasteiger partial charge >= 0.3 is 0 Å². The Balaban J connectivity index is 1.97. The molecule has 1 saturated carbocycles. The van der Waals surface area contributed by atoms with Gasteiger partial charge in [0.25, 0.3) is 0 Å². The molecular formula is C22H33N3O2. The summed E-state index contributed by atoms with van der Waals surface area (Å²) in [5.74, 6) is 1.05. The van der Waals surface area contributed by atoms with Crippen LogP contribution in [0.25, 0.3) is 11.0 Å². The lowest BCUT2D eigenvalue weighted by Crippen LogP contribution is -2.24. The van der Waals surface area contributed by atoms with Gasteiger partial charge in [-0.1, -0.05) is 33.8 Å². The first-order valence-electron chi connectivity index (χ1n) is 10.2. The molecule has 1 aliphatic carbocycles. The molecule has 0 bridgehead atoms. The predicted molar refractivity (Wildman–Crippen MR) is 110 cm³/mol. The van der Waals surface area contributed by atoms with Crippen molar-refractivity contribution < 1.29 is 9.90 Å². The van der Waals surface area contributed by atoms with E-state index < -0.39 is 0 Å². The zero-order valence-electron chi connectivity index (χ0n) is 17.1. The maximum Gasteiger partial charge on any atom is 0.227 e. The van der Waals surface area contributed by atoms with Crippen molar-refractivity contribution in [2.75, 3.05) is 11.9 Å². The molecule has 2 aromatic rings. The van der Waals surface area contributed by atoms with Crippen LogP contribution in [0.15, 0.2) is 18.2 Å². The molecule has 1 fully saturated rings. The fourth-order valence-corrected chi connectivity index (χ4v) is 3.88. The first kappa shape index (κ1) is 19.9. The molecule has 0 spiro atoms. The van der Waals surface area contributed by atoms with Gasteiger partial charge in [0.2, 0.25) is 11.9 Å². The third-order valence-corrected chi connectivity index (χ3v) is 5.54. The molecule has 1 aromatic heterocycles. The van der Waals surface area contributed by atoms with Crippen LogP contribution >= 0.6 is 0 Å². The number of imidazole rings is 1. The number of benzene rings is 1. The molecule has 2 N–H and O–H groups in total. The second kappa shape index (κ2) is 8.01. The molecule has 5 nitrogen and oxygen atoms in total. The summed E-state index contributed by atoms with van der Waals surface area (Å²) in [6, 6.07) is 6.79. The first-order chi connectivity index (χ1) is 12.8. The molecule has 1 aliphatic rings. The fraction of sp³-hybridized carbons (Fsp3) is 0.636. The molecule has 1 atom stereocenters. The number of rotatable bonds is 7. The Bertz CT molecular complexity index is 800. The summed E-state index contributed by atoms with van der Waals surface area (Å²) in [7, 11) is 0. The summed E-state index contributed by atoms with van der Waals surface area (Å²) in [6.07, 6.45) is 5.73. The minimum Gasteiger partial charge on any atom is -0.396 e. The summed E-state index contributed by atoms with van der Waals surface area (Å²) in [4.78, 5) is 17.2. The molecule has 27 heavy (non-hydrogen) atoms. The van der Waals surface area contributed by atoms with Gasteiger partial charge in [0.1, 0.15) is 0 Å². The molecule has 0 saturated heterocycles. The minimum atomic E-state index is -0.0524. The average molecular weight is 372 g/mol. The lowest BCUT2D eigenvalue weighted by molar-refractivity contribution is -0.117. The van der Waals surface area contributed by atoms with E-state index in [4.69, 9.17) is 4.98 Å². The van der Waals surface area contributed by atoms with Gasteiger partial charge < -0.3 is 9.67 Å². The van der Waals surface area contributed by atoms with Crippen LogP contribution in [0.5, 0.6) is 0 Å². The molecule has 0 radical (unpaired) electrons. The van der Waals surface area contributed by atoms with E-state index in [2.05, 4.69) is 55.8 Å². The number of aromatic nitrogens is 2. The number of fused-ring (bicyclic) bond motifs is 1. The lowest BCUT2D eigenvalue weighted by atomic mass is 9.91. The number of carbonyl (C=O) groups is 1. The number of amides is 1. The number of nitrogens with zero attached hydrogens (tertiary/aromatic N) is 2. The van der Waals surface area contributed by atoms with Gasteiger partial charge in [-0.25, -0.2) is 4.98 Å². The van der Waals surface area contributed by atoms with Gasteiger partial charge in [0.05, 0.1) is 11.0 Å². The average Bonchev–Trinajstić information content (AvgIpc) is 2.86. The summed E-state index contributed by atoms with van der Waals surface area (Å²) < 4.78 is 2.23. The summed E-state index contributed by atoms with van der Waals surface area (Å²) in [5.41, 5.74) is 3.21. The van der Waals surface area contributed by atoms with Crippen LogP contribution in [-0.4, -0.2) is 27.2 Å². The summed E-state index contributed by atoms with van der Waals surface area (Å²) >= 11 is 0. The largest absolute Gasteiger partial charge is 0.396 e. The molecule has 5 heteroatoms. The number of anilines is 1. The number of hydrogen-bond acceptors (Lipinski definition) is 3. The van der Waals surface area contributed by atoms with E-state index in [1.807, 2.05) is 0 Å². The van der Waals surface area contributed by atoms with E-state index in [1.165, 1.54) is 12.0 Å². The second-order valence-electron chi connectivity index (χ2n) is 9.04. The van der Waals surface area contributed by atoms with Gasteiger partial charge in [-0.2, -0.15) is 0 Å². The van der Waals surface area contributed by atoms with Crippen molar-refractivity contribution in [1.29, 1.82) is 0 Å². The summed E-state index contributed by atoms with van der Waals surface area (Å²) in [5, 5.41) is 12.4. The fourth-order valence-electron chi connectivity index (χ4n) is 3.88. The Kier molecular flexibility index (Phi) is 5.89. The van der Waals surface area contributed by atoms with Crippen molar-refractivity contribution in [3.05, 3.63) is 23.8 Å². The molecule has 1 amide bonds. The second-order valence-corrected chi connectivity index (χ2v) is 9.04. The van der Waals surface area contributed by atoms with E-state index in [0.29, 0.717) is 24.3 Å². The van der Waals surface area contributed by atoms with E-state index in [0.717, 1.165) is 36.7 Å². The standard InChI is InChI=1S/C22H33N3O2/c1-5-15(11-12-26)16-9-10-18-19(13-16)25(17-7-6-8-17)21(23-18)24-20(27)14-22(2,3)4/h9-10,13,15,17,26H,5-8,11-12,14H2,1-4H3,(H,23,24,27). The van der Waals surface area contributed by atoms with Crippen LogP contribution < -0.4 is 5.32 Å². The van der Waals surface area contributed by atoms with E-state index in [-0.39, 0.29) is 17.9 Å². The highest BCUT2D eigenvalue weighted by Crippen LogP contribution is 2.38. The van der Waals surface area contributed by atoms with Crippen molar-refractivity contribution in [3.8, 4) is 0 Å². The molecule has 148 valence electrons. The number of hydrogen-bond donors (Lipinski definition) is 2. The number of carbonyl (C=O) groups excluding carboxylic acids is 1. The SMILES string of the molecule is CCC(CCO)c1ccc2nc(NC(=O)CC(C)(C)C)n(C3CCC3)c2c1. The smallest absolute Gasteiger partial charge is 0.227 e. The van der Waals surface area contributed by atoms with E-state index >= 15 is 0 Å². The van der Waals surface area contributed by atoms with Gasteiger partial charge in [0, 0.05) is 19.1 Å². The Morgan fingerprint density at radius 2 is 2.11 bits per heavy atom. The van der Waals surface area contributed by atoms with Crippen molar-refractivity contribution in [3.63, 3.8) is 0 Å². The summed E-state index contributed by atoms with van der Waals surface area (Å²) in [6.45, 7) is 8.57. The highest BCUT2D eigenvalue weighted by Gasteiger charge is 2.27. The normalized spacial score (nSPS) is 16.3. The van der Waals surface area contributed by atoms with Gasteiger partial charge in [-0.05, 0) is 61.1 Å². The Morgan fingerprint density at radius 1 is 1.37 bits per heavy atom. The van der Waals surface area contributed by atoms with Crippen LogP contribution in [0.3, 0.4) is 0 Å². The monoisotopic (exact) mass is 371 g/mol. The number of aliphatic hydroxyl groups is 1. The van der Waals surface area contributed by atoms with Gasteiger partial charge in [-0.15, -0.1) is 0 Å². The van der Waals surface area contributed by atoms with E-state index in [1.54, 1.807) is 0 Å². The zero-order chi connectivity index (χ0) is 19.6. The van der Waals surface area contributed by atoms with Crippen LogP contribution in [-0.2, 0) is 4.79 Å². The van der Waals surface area contributed by atoms with Crippen LogP contribution in [0.1, 0.15) is 83.7 Å². The Morgan fingerprint density at radius 3 is 2.67 bits per heavy atom. The molecule has 1 aromatic carbocycles. The predicted octanol–water partition coefficient (Wildman–Crippen LogP) is 5.01. The molecule has 0 aliphatic heterocycles. The van der Waals surface area contributed by atoms with Gasteiger partial charge in [-0.3, -0.25) is 10.1 Å². The zero-order valence-corrected chi connectivity index (χ0v) is 17.1. The van der Waals surface area contributed by atoms with Crippen molar-refractivity contribution >= 4 is 22.9 Å². The topological polar surface area (TPSA) is 67.2 Å². The van der Waals surface area contributed by atoms with Crippen molar-refractivity contribution in [1.82, 2.24) is 9.55 Å². The number of nitrogens with one attached hydrogen (secondary N) is 1. The maximum atomic E-state index is 12.5. The van der Waals surface area contributed by atoms with Crippen LogP contribution in [0.2, 0.25) is 0 Å².